The van der Waals surface area contributed by atoms with Crippen LogP contribution in [-0.2, 0) is 12.8 Å². The van der Waals surface area contributed by atoms with Gasteiger partial charge in [0.2, 0.25) is 0 Å². The first-order valence-corrected chi connectivity index (χ1v) is 12.4. The molecule has 3 aromatic carbocycles. The summed E-state index contributed by atoms with van der Waals surface area (Å²) in [5, 5.41) is 12.4. The second-order valence-corrected chi connectivity index (χ2v) is 8.98. The summed E-state index contributed by atoms with van der Waals surface area (Å²) >= 11 is 0. The molecule has 1 atom stereocenters. The normalized spacial score (nSPS) is 14.4. The van der Waals surface area contributed by atoms with Crippen LogP contribution in [0.2, 0.25) is 0 Å². The number of aromatic nitrogens is 2. The van der Waals surface area contributed by atoms with Gasteiger partial charge in [-0.05, 0) is 48.2 Å². The zero-order chi connectivity index (χ0) is 24.7. The number of nitrogens with zero attached hydrogens (tertiary/aromatic N) is 2. The molecule has 0 saturated carbocycles. The number of carbonyl (C=O) groups excluding carboxylic acids is 1. The molecule has 0 aliphatic carbocycles. The SMILES string of the molecule is O=C1C(Cc2ccccc2)Nc2c(Cc3ccccc3)nc(-c3ccc(OCCCCO)cc3)c[n+]21. The number of anilines is 1. The number of nitrogens with one attached hydrogen (secondary N) is 1. The molecule has 4 aromatic rings. The van der Waals surface area contributed by atoms with Gasteiger partial charge in [0.25, 0.3) is 0 Å². The molecule has 0 fully saturated rings. The van der Waals surface area contributed by atoms with E-state index >= 15 is 0 Å². The molecule has 6 nitrogen and oxygen atoms in total. The Morgan fingerprint density at radius 2 is 1.58 bits per heavy atom. The van der Waals surface area contributed by atoms with Crippen molar-refractivity contribution in [3.05, 3.63) is 108 Å². The summed E-state index contributed by atoms with van der Waals surface area (Å²) in [6, 6.07) is 27.7. The molecule has 2 heterocycles. The fourth-order valence-electron chi connectivity index (χ4n) is 4.44. The van der Waals surface area contributed by atoms with Gasteiger partial charge in [0.05, 0.1) is 6.61 Å². The van der Waals surface area contributed by atoms with Crippen LogP contribution in [0.25, 0.3) is 11.3 Å². The minimum absolute atomic E-state index is 0.0238. The van der Waals surface area contributed by atoms with Gasteiger partial charge in [-0.25, -0.2) is 9.78 Å². The molecular weight excluding hydrogens is 450 g/mol. The van der Waals surface area contributed by atoms with Crippen LogP contribution < -0.4 is 14.6 Å². The third kappa shape index (κ3) is 5.44. The van der Waals surface area contributed by atoms with Crippen molar-refractivity contribution in [3.63, 3.8) is 0 Å². The van der Waals surface area contributed by atoms with Gasteiger partial charge in [-0.1, -0.05) is 60.7 Å². The predicted molar refractivity (Wildman–Crippen MR) is 139 cm³/mol. The van der Waals surface area contributed by atoms with Crippen molar-refractivity contribution >= 4 is 11.7 Å². The minimum atomic E-state index is -0.339. The molecule has 0 amide bonds. The molecule has 182 valence electrons. The number of unbranched alkanes of at least 4 members (excludes halogenated alkanes) is 1. The number of ether oxygens (including phenoxy) is 1. The Bertz CT molecular complexity index is 1310. The topological polar surface area (TPSA) is 75.3 Å². The zero-order valence-corrected chi connectivity index (χ0v) is 20.1. The molecule has 0 radical (unpaired) electrons. The van der Waals surface area contributed by atoms with Crippen LogP contribution >= 0.6 is 0 Å². The molecule has 2 N–H and O–H groups in total. The fraction of sp³-hybridized carbons (Fsp3) is 0.233. The molecular formula is C30H30N3O3+. The first-order chi connectivity index (χ1) is 17.7. The highest BCUT2D eigenvalue weighted by atomic mass is 16.5. The lowest BCUT2D eigenvalue weighted by atomic mass is 10.1. The number of rotatable bonds is 10. The van der Waals surface area contributed by atoms with Crippen LogP contribution in [0.4, 0.5) is 5.82 Å². The van der Waals surface area contributed by atoms with Crippen LogP contribution in [0.5, 0.6) is 5.75 Å². The van der Waals surface area contributed by atoms with Gasteiger partial charge < -0.3 is 9.84 Å². The van der Waals surface area contributed by atoms with Crippen molar-refractivity contribution in [2.45, 2.75) is 31.7 Å². The molecule has 0 spiro atoms. The number of carbonyl (C=O) groups is 1. The number of hydrogen-bond donors (Lipinski definition) is 2. The third-order valence-electron chi connectivity index (χ3n) is 6.34. The molecule has 1 aliphatic rings. The molecule has 1 aromatic heterocycles. The van der Waals surface area contributed by atoms with E-state index in [-0.39, 0.29) is 18.6 Å². The summed E-state index contributed by atoms with van der Waals surface area (Å²) in [4.78, 5) is 18.4. The van der Waals surface area contributed by atoms with Gasteiger partial charge in [-0.3, -0.25) is 5.32 Å². The summed E-state index contributed by atoms with van der Waals surface area (Å²) < 4.78 is 7.49. The Morgan fingerprint density at radius 1 is 0.889 bits per heavy atom. The first-order valence-electron chi connectivity index (χ1n) is 12.4. The van der Waals surface area contributed by atoms with Gasteiger partial charge in [0.1, 0.15) is 23.3 Å². The Hall–Kier alpha value is -4.03. The van der Waals surface area contributed by atoms with Crippen molar-refractivity contribution in [1.29, 1.82) is 0 Å². The lowest BCUT2D eigenvalue weighted by Gasteiger charge is -2.09. The molecule has 5 rings (SSSR count). The van der Waals surface area contributed by atoms with E-state index in [2.05, 4.69) is 17.4 Å². The Labute approximate surface area is 211 Å². The monoisotopic (exact) mass is 480 g/mol. The number of fused-ring (bicyclic) bond motifs is 1. The van der Waals surface area contributed by atoms with E-state index in [1.54, 1.807) is 4.57 Å². The number of aliphatic hydroxyl groups is 1. The minimum Gasteiger partial charge on any atom is -0.494 e. The zero-order valence-electron chi connectivity index (χ0n) is 20.1. The summed E-state index contributed by atoms with van der Waals surface area (Å²) in [7, 11) is 0. The lowest BCUT2D eigenvalue weighted by Crippen LogP contribution is -2.44. The van der Waals surface area contributed by atoms with E-state index < -0.39 is 0 Å². The highest BCUT2D eigenvalue weighted by Gasteiger charge is 2.41. The van der Waals surface area contributed by atoms with Gasteiger partial charge in [-0.15, -0.1) is 0 Å². The van der Waals surface area contributed by atoms with Crippen LogP contribution in [0.3, 0.4) is 0 Å². The molecule has 0 bridgehead atoms. The average molecular weight is 481 g/mol. The van der Waals surface area contributed by atoms with Crippen LogP contribution in [0, 0.1) is 0 Å². The first kappa shape index (κ1) is 23.7. The second kappa shape index (κ2) is 11.1. The smallest absolute Gasteiger partial charge is 0.359 e. The third-order valence-corrected chi connectivity index (χ3v) is 6.34. The fourth-order valence-corrected chi connectivity index (χ4v) is 4.44. The van der Waals surface area contributed by atoms with E-state index in [1.165, 1.54) is 0 Å². The van der Waals surface area contributed by atoms with Crippen molar-refractivity contribution in [1.82, 2.24) is 4.98 Å². The van der Waals surface area contributed by atoms with Crippen LogP contribution in [0.15, 0.2) is 91.1 Å². The number of hydrogen-bond acceptors (Lipinski definition) is 5. The number of aliphatic hydroxyl groups excluding tert-OH is 1. The van der Waals surface area contributed by atoms with Crippen LogP contribution in [0.1, 0.15) is 34.5 Å². The summed E-state index contributed by atoms with van der Waals surface area (Å²) in [6.07, 6.45) is 4.61. The summed E-state index contributed by atoms with van der Waals surface area (Å²) in [6.45, 7) is 0.742. The molecule has 0 saturated heterocycles. The number of benzene rings is 3. The molecule has 36 heavy (non-hydrogen) atoms. The predicted octanol–water partition coefficient (Wildman–Crippen LogP) is 4.46. The Kier molecular flexibility index (Phi) is 7.33. The lowest BCUT2D eigenvalue weighted by molar-refractivity contribution is -0.552. The molecule has 6 heteroatoms. The largest absolute Gasteiger partial charge is 0.494 e. The standard InChI is InChI=1S/C30H29N3O3/c34-17-7-8-18-36-25-15-13-24(14-16-25)28-21-33-29(26(31-28)19-22-9-3-1-4-10-22)32-27(30(33)35)20-23-11-5-2-6-12-23/h1-6,9-16,21,27,34H,7-8,17-20H2/p+1. The highest BCUT2D eigenvalue weighted by Crippen LogP contribution is 2.26. The Balaban J connectivity index is 1.44. The van der Waals surface area contributed by atoms with E-state index in [1.807, 2.05) is 79.0 Å². The van der Waals surface area contributed by atoms with E-state index in [4.69, 9.17) is 14.8 Å². The highest BCUT2D eigenvalue weighted by molar-refractivity contribution is 5.82. The summed E-state index contributed by atoms with van der Waals surface area (Å²) in [5.74, 6) is 1.56. The maximum atomic E-state index is 13.4. The second-order valence-electron chi connectivity index (χ2n) is 8.98. The van der Waals surface area contributed by atoms with Gasteiger partial charge in [0.15, 0.2) is 6.04 Å². The maximum absolute atomic E-state index is 13.4. The van der Waals surface area contributed by atoms with Crippen molar-refractivity contribution in [2.24, 2.45) is 0 Å². The van der Waals surface area contributed by atoms with Gasteiger partial charge in [-0.2, -0.15) is 4.57 Å². The quantitative estimate of drug-likeness (QED) is 0.259. The van der Waals surface area contributed by atoms with Crippen molar-refractivity contribution in [3.8, 4) is 17.0 Å². The Morgan fingerprint density at radius 3 is 2.28 bits per heavy atom. The van der Waals surface area contributed by atoms with Crippen molar-refractivity contribution < 1.29 is 19.2 Å². The van der Waals surface area contributed by atoms with E-state index in [0.29, 0.717) is 19.4 Å². The average Bonchev–Trinajstić information content (AvgIpc) is 3.23. The summed E-state index contributed by atoms with van der Waals surface area (Å²) in [5.41, 5.74) is 4.75. The van der Waals surface area contributed by atoms with E-state index in [9.17, 15) is 4.79 Å². The van der Waals surface area contributed by atoms with E-state index in [0.717, 1.165) is 52.5 Å². The molecule has 1 unspecified atom stereocenters. The molecule has 1 aliphatic heterocycles. The maximum Gasteiger partial charge on any atom is 0.359 e. The van der Waals surface area contributed by atoms with Gasteiger partial charge >= 0.3 is 11.7 Å². The van der Waals surface area contributed by atoms with Gasteiger partial charge in [0, 0.05) is 25.0 Å². The van der Waals surface area contributed by atoms with Crippen molar-refractivity contribution in [2.75, 3.05) is 18.5 Å². The van der Waals surface area contributed by atoms with Crippen LogP contribution in [-0.4, -0.2) is 35.3 Å².